The number of carbonyl (C=O) groups is 2. The van der Waals surface area contributed by atoms with Crippen LogP contribution in [0, 0.1) is 0 Å². The van der Waals surface area contributed by atoms with Crippen molar-refractivity contribution in [2.45, 2.75) is 6.92 Å². The van der Waals surface area contributed by atoms with Crippen LogP contribution in [0.4, 0.5) is 0 Å². The van der Waals surface area contributed by atoms with E-state index in [1.165, 1.54) is 6.07 Å². The summed E-state index contributed by atoms with van der Waals surface area (Å²) < 4.78 is 4.98. The van der Waals surface area contributed by atoms with Crippen molar-refractivity contribution in [1.82, 2.24) is 15.4 Å². The van der Waals surface area contributed by atoms with Gasteiger partial charge in [0.2, 0.25) is 0 Å². The lowest BCUT2D eigenvalue weighted by Gasteiger charge is -2.06. The minimum atomic E-state index is -0.987. The van der Waals surface area contributed by atoms with E-state index in [-0.39, 0.29) is 17.9 Å². The first-order valence-electron chi connectivity index (χ1n) is 7.62. The highest BCUT2D eigenvalue weighted by Crippen LogP contribution is 2.27. The maximum atomic E-state index is 12.0. The maximum Gasteiger partial charge on any atom is 0.361 e. The number of carbonyl (C=O) groups excluding carboxylic acids is 1. The van der Waals surface area contributed by atoms with Crippen LogP contribution in [-0.4, -0.2) is 39.1 Å². The van der Waals surface area contributed by atoms with Crippen molar-refractivity contribution < 1.29 is 19.4 Å². The Morgan fingerprint density at radius 2 is 1.72 bits per heavy atom. The quantitative estimate of drug-likeness (QED) is 0.693. The molecule has 0 aliphatic rings. The molecule has 0 aliphatic heterocycles. The first-order chi connectivity index (χ1) is 12.1. The zero-order valence-corrected chi connectivity index (χ0v) is 13.4. The molecule has 3 aromatic rings. The van der Waals surface area contributed by atoms with Gasteiger partial charge in [-0.3, -0.25) is 0 Å². The number of nitrogens with one attached hydrogen (secondary N) is 1. The van der Waals surface area contributed by atoms with Gasteiger partial charge in [0.25, 0.3) is 0 Å². The number of aromatic amines is 1. The topological polar surface area (TPSA) is 105 Å². The van der Waals surface area contributed by atoms with E-state index in [0.717, 1.165) is 11.1 Å². The minimum absolute atomic E-state index is 0.110. The maximum absolute atomic E-state index is 12.0. The van der Waals surface area contributed by atoms with Gasteiger partial charge >= 0.3 is 11.9 Å². The number of rotatable bonds is 5. The molecular weight excluding hydrogens is 322 g/mol. The number of esters is 1. The molecule has 0 unspecified atom stereocenters. The lowest BCUT2D eigenvalue weighted by molar-refractivity contribution is 0.0519. The summed E-state index contributed by atoms with van der Waals surface area (Å²) in [6, 6.07) is 13.9. The van der Waals surface area contributed by atoms with Crippen LogP contribution in [0.25, 0.3) is 22.4 Å². The van der Waals surface area contributed by atoms with E-state index in [4.69, 9.17) is 9.84 Å². The van der Waals surface area contributed by atoms with Crippen molar-refractivity contribution in [1.29, 1.82) is 0 Å². The second-order valence-corrected chi connectivity index (χ2v) is 5.21. The number of carboxylic acid groups (broad SMARTS) is 1. The van der Waals surface area contributed by atoms with Crippen LogP contribution in [-0.2, 0) is 4.74 Å². The summed E-state index contributed by atoms with van der Waals surface area (Å²) in [5.41, 5.74) is 2.93. The Labute approximate surface area is 143 Å². The molecule has 0 saturated heterocycles. The molecule has 0 atom stereocenters. The molecule has 0 fully saturated rings. The van der Waals surface area contributed by atoms with Gasteiger partial charge in [-0.15, -0.1) is 5.10 Å². The minimum Gasteiger partial charge on any atom is -0.478 e. The second-order valence-electron chi connectivity index (χ2n) is 5.21. The van der Waals surface area contributed by atoms with Crippen molar-refractivity contribution in [3.05, 3.63) is 59.8 Å². The summed E-state index contributed by atoms with van der Waals surface area (Å²) in [7, 11) is 0. The number of benzene rings is 2. The Kier molecular flexibility index (Phi) is 4.56. The summed E-state index contributed by atoms with van der Waals surface area (Å²) >= 11 is 0. The fraction of sp³-hybridized carbons (Fsp3) is 0.111. The highest BCUT2D eigenvalue weighted by molar-refractivity contribution is 5.94. The van der Waals surface area contributed by atoms with E-state index in [9.17, 15) is 9.59 Å². The molecule has 1 heterocycles. The lowest BCUT2D eigenvalue weighted by atomic mass is 9.99. The average molecular weight is 337 g/mol. The molecule has 0 bridgehead atoms. The molecule has 3 rings (SSSR count). The number of hydrogen-bond acceptors (Lipinski definition) is 5. The van der Waals surface area contributed by atoms with Crippen LogP contribution in [0.15, 0.2) is 48.5 Å². The number of H-pyrrole nitrogens is 1. The Hall–Kier alpha value is -3.48. The van der Waals surface area contributed by atoms with E-state index in [1.54, 1.807) is 25.1 Å². The summed E-state index contributed by atoms with van der Waals surface area (Å²) in [4.78, 5) is 23.1. The van der Waals surface area contributed by atoms with Gasteiger partial charge in [0.05, 0.1) is 12.2 Å². The Morgan fingerprint density at radius 3 is 2.44 bits per heavy atom. The standard InChI is InChI=1S/C18H15N3O4/c1-2-25-18(24)16-15(19-21-20-16)13-7-3-5-11(9-13)12-6-4-8-14(10-12)17(22)23/h3-10H,2H2,1H3,(H,22,23)(H,19,20,21). The van der Waals surface area contributed by atoms with Gasteiger partial charge in [0.15, 0.2) is 5.69 Å². The monoisotopic (exact) mass is 337 g/mol. The van der Waals surface area contributed by atoms with Crippen LogP contribution in [0.1, 0.15) is 27.8 Å². The third-order valence-corrected chi connectivity index (χ3v) is 3.60. The number of aromatic carboxylic acids is 1. The van der Waals surface area contributed by atoms with Gasteiger partial charge in [0.1, 0.15) is 5.69 Å². The molecule has 0 saturated carbocycles. The molecule has 2 aromatic carbocycles. The van der Waals surface area contributed by atoms with Gasteiger partial charge < -0.3 is 9.84 Å². The molecule has 126 valence electrons. The van der Waals surface area contributed by atoms with Crippen molar-refractivity contribution >= 4 is 11.9 Å². The molecular formula is C18H15N3O4. The number of nitrogens with zero attached hydrogens (tertiary/aromatic N) is 2. The van der Waals surface area contributed by atoms with E-state index < -0.39 is 11.9 Å². The van der Waals surface area contributed by atoms with Crippen LogP contribution in [0.2, 0.25) is 0 Å². The van der Waals surface area contributed by atoms with Gasteiger partial charge in [-0.1, -0.05) is 30.3 Å². The normalized spacial score (nSPS) is 10.4. The highest BCUT2D eigenvalue weighted by Gasteiger charge is 2.19. The van der Waals surface area contributed by atoms with Gasteiger partial charge in [-0.25, -0.2) is 9.59 Å². The van der Waals surface area contributed by atoms with Crippen molar-refractivity contribution in [2.75, 3.05) is 6.61 Å². The molecule has 0 spiro atoms. The number of ether oxygens (including phenoxy) is 1. The summed E-state index contributed by atoms with van der Waals surface area (Å²) in [6.45, 7) is 1.96. The summed E-state index contributed by atoms with van der Waals surface area (Å²) in [5.74, 6) is -1.54. The van der Waals surface area contributed by atoms with Crippen LogP contribution in [0.3, 0.4) is 0 Å². The molecule has 1 aromatic heterocycles. The van der Waals surface area contributed by atoms with Gasteiger partial charge in [0, 0.05) is 5.56 Å². The predicted molar refractivity (Wildman–Crippen MR) is 90.2 cm³/mol. The number of aromatic nitrogens is 3. The largest absolute Gasteiger partial charge is 0.478 e. The number of carboxylic acids is 1. The highest BCUT2D eigenvalue weighted by atomic mass is 16.5. The first-order valence-corrected chi connectivity index (χ1v) is 7.62. The van der Waals surface area contributed by atoms with Crippen LogP contribution >= 0.6 is 0 Å². The molecule has 0 amide bonds. The van der Waals surface area contributed by atoms with Crippen molar-refractivity contribution in [2.24, 2.45) is 0 Å². The van der Waals surface area contributed by atoms with E-state index in [0.29, 0.717) is 11.3 Å². The Bertz CT molecular complexity index is 933. The first kappa shape index (κ1) is 16.4. The second kappa shape index (κ2) is 6.96. The molecule has 0 aliphatic carbocycles. The predicted octanol–water partition coefficient (Wildman–Crippen LogP) is 3.01. The van der Waals surface area contributed by atoms with E-state index in [2.05, 4.69) is 15.4 Å². The molecule has 25 heavy (non-hydrogen) atoms. The van der Waals surface area contributed by atoms with Gasteiger partial charge in [-0.2, -0.15) is 10.3 Å². The summed E-state index contributed by atoms with van der Waals surface area (Å²) in [6.07, 6.45) is 0. The molecule has 7 nitrogen and oxygen atoms in total. The molecule has 7 heteroatoms. The van der Waals surface area contributed by atoms with E-state index in [1.807, 2.05) is 24.3 Å². The average Bonchev–Trinajstić information content (AvgIpc) is 3.12. The molecule has 0 radical (unpaired) electrons. The van der Waals surface area contributed by atoms with Crippen molar-refractivity contribution in [3.8, 4) is 22.4 Å². The zero-order valence-electron chi connectivity index (χ0n) is 13.4. The van der Waals surface area contributed by atoms with Crippen molar-refractivity contribution in [3.63, 3.8) is 0 Å². The third-order valence-electron chi connectivity index (χ3n) is 3.60. The Balaban J connectivity index is 2.01. The fourth-order valence-corrected chi connectivity index (χ4v) is 2.45. The fourth-order valence-electron chi connectivity index (χ4n) is 2.45. The Morgan fingerprint density at radius 1 is 1.04 bits per heavy atom. The zero-order chi connectivity index (χ0) is 17.8. The van der Waals surface area contributed by atoms with Gasteiger partial charge in [-0.05, 0) is 36.2 Å². The molecule has 2 N–H and O–H groups in total. The lowest BCUT2D eigenvalue weighted by Crippen LogP contribution is -2.06. The summed E-state index contributed by atoms with van der Waals surface area (Å²) in [5, 5.41) is 19.5. The third kappa shape index (κ3) is 3.40. The number of hydrogen-bond donors (Lipinski definition) is 2. The smallest absolute Gasteiger partial charge is 0.361 e. The van der Waals surface area contributed by atoms with Crippen LogP contribution < -0.4 is 0 Å². The van der Waals surface area contributed by atoms with Crippen LogP contribution in [0.5, 0.6) is 0 Å². The van der Waals surface area contributed by atoms with E-state index >= 15 is 0 Å². The SMILES string of the molecule is CCOC(=O)c1n[nH]nc1-c1cccc(-c2cccc(C(=O)O)c2)c1.